The molecule has 3 aromatic rings. The summed E-state index contributed by atoms with van der Waals surface area (Å²) in [6.45, 7) is 3.42. The first-order valence-electron chi connectivity index (χ1n) is 9.62. The van der Waals surface area contributed by atoms with Crippen LogP contribution in [0.5, 0.6) is 0 Å². The first kappa shape index (κ1) is 18.6. The zero-order valence-electron chi connectivity index (χ0n) is 16.6. The van der Waals surface area contributed by atoms with Crippen molar-refractivity contribution in [3.63, 3.8) is 0 Å². The maximum atomic E-state index is 12.7. The molecule has 0 radical (unpaired) electrons. The van der Waals surface area contributed by atoms with Gasteiger partial charge in [0.05, 0.1) is 23.8 Å². The number of carbonyl (C=O) groups is 1. The minimum Gasteiger partial charge on any atom is -0.439 e. The minimum absolute atomic E-state index is 0.131. The molecule has 4 heterocycles. The topological polar surface area (TPSA) is 75.4 Å². The molecule has 0 unspecified atom stereocenters. The molecule has 1 aliphatic heterocycles. The van der Waals surface area contributed by atoms with Gasteiger partial charge in [0.25, 0.3) is 0 Å². The van der Waals surface area contributed by atoms with Crippen LogP contribution in [0, 0.1) is 6.92 Å². The molecule has 146 valence electrons. The predicted octanol–water partition coefficient (Wildman–Crippen LogP) is 2.69. The normalized spacial score (nSPS) is 15.5. The van der Waals surface area contributed by atoms with E-state index in [0.29, 0.717) is 24.1 Å². The van der Waals surface area contributed by atoms with Gasteiger partial charge in [-0.05, 0) is 45.1 Å². The van der Waals surface area contributed by atoms with E-state index in [1.807, 2.05) is 23.1 Å². The summed E-state index contributed by atoms with van der Waals surface area (Å²) in [7, 11) is 4.20. The number of oxazole rings is 1. The monoisotopic (exact) mass is 379 g/mol. The second-order valence-electron chi connectivity index (χ2n) is 7.56. The Morgan fingerprint density at radius 3 is 2.68 bits per heavy atom. The third kappa shape index (κ3) is 3.89. The molecule has 28 heavy (non-hydrogen) atoms. The van der Waals surface area contributed by atoms with Crippen molar-refractivity contribution in [1.82, 2.24) is 24.8 Å². The average Bonchev–Trinajstić information content (AvgIpc) is 3.14. The largest absolute Gasteiger partial charge is 0.439 e. The number of nitrogens with zero attached hydrogens (tertiary/aromatic N) is 5. The van der Waals surface area contributed by atoms with Gasteiger partial charge in [-0.1, -0.05) is 0 Å². The summed E-state index contributed by atoms with van der Waals surface area (Å²) in [4.78, 5) is 30.1. The van der Waals surface area contributed by atoms with Crippen molar-refractivity contribution in [1.29, 1.82) is 0 Å². The first-order valence-corrected chi connectivity index (χ1v) is 9.62. The number of aryl methyl sites for hydroxylation is 1. The molecular weight excluding hydrogens is 354 g/mol. The molecule has 0 N–H and O–H groups in total. The van der Waals surface area contributed by atoms with Crippen LogP contribution in [0.2, 0.25) is 0 Å². The number of fused-ring (bicyclic) bond motifs is 1. The molecule has 1 saturated heterocycles. The zero-order chi connectivity index (χ0) is 19.7. The molecule has 0 spiro atoms. The van der Waals surface area contributed by atoms with Gasteiger partial charge in [-0.2, -0.15) is 0 Å². The van der Waals surface area contributed by atoms with E-state index < -0.39 is 0 Å². The number of likely N-dealkylation sites (tertiary alicyclic amines) is 1. The lowest BCUT2D eigenvalue weighted by Crippen LogP contribution is -2.45. The fourth-order valence-electron chi connectivity index (χ4n) is 3.67. The third-order valence-electron chi connectivity index (χ3n) is 5.38. The molecule has 7 nitrogen and oxygen atoms in total. The lowest BCUT2D eigenvalue weighted by molar-refractivity contribution is -0.132. The van der Waals surface area contributed by atoms with Crippen molar-refractivity contribution >= 4 is 16.8 Å². The number of carbonyl (C=O) groups excluding carboxylic acids is 1. The summed E-state index contributed by atoms with van der Waals surface area (Å²) in [5, 5.41) is 0.933. The van der Waals surface area contributed by atoms with Crippen LogP contribution in [0.3, 0.4) is 0 Å². The van der Waals surface area contributed by atoms with Crippen LogP contribution in [-0.2, 0) is 11.2 Å². The Bertz CT molecular complexity index is 989. The predicted molar refractivity (Wildman–Crippen MR) is 107 cm³/mol. The van der Waals surface area contributed by atoms with Crippen LogP contribution in [0.4, 0.5) is 0 Å². The Morgan fingerprint density at radius 2 is 2.00 bits per heavy atom. The Labute approximate surface area is 164 Å². The van der Waals surface area contributed by atoms with Crippen molar-refractivity contribution in [3.05, 3.63) is 42.2 Å². The van der Waals surface area contributed by atoms with Crippen molar-refractivity contribution in [2.45, 2.75) is 32.2 Å². The van der Waals surface area contributed by atoms with Crippen molar-refractivity contribution < 1.29 is 9.21 Å². The van der Waals surface area contributed by atoms with Gasteiger partial charge in [0.2, 0.25) is 5.91 Å². The van der Waals surface area contributed by atoms with Crippen LogP contribution >= 0.6 is 0 Å². The van der Waals surface area contributed by atoms with Gasteiger partial charge in [0.1, 0.15) is 5.69 Å². The van der Waals surface area contributed by atoms with Crippen molar-refractivity contribution in [2.24, 2.45) is 0 Å². The highest BCUT2D eigenvalue weighted by atomic mass is 16.4. The highest BCUT2D eigenvalue weighted by molar-refractivity contribution is 5.83. The number of piperidine rings is 1. The van der Waals surface area contributed by atoms with Gasteiger partial charge in [-0.3, -0.25) is 9.78 Å². The van der Waals surface area contributed by atoms with Crippen LogP contribution < -0.4 is 0 Å². The van der Waals surface area contributed by atoms with E-state index in [4.69, 9.17) is 4.42 Å². The lowest BCUT2D eigenvalue weighted by Gasteiger charge is -2.35. The average molecular weight is 379 g/mol. The summed E-state index contributed by atoms with van der Waals surface area (Å²) >= 11 is 0. The molecule has 0 aliphatic carbocycles. The van der Waals surface area contributed by atoms with E-state index in [-0.39, 0.29) is 5.91 Å². The molecule has 0 aromatic carbocycles. The molecule has 0 bridgehead atoms. The van der Waals surface area contributed by atoms with Crippen LogP contribution in [-0.4, -0.2) is 63.9 Å². The summed E-state index contributed by atoms with van der Waals surface area (Å²) in [6.07, 6.45) is 5.79. The third-order valence-corrected chi connectivity index (χ3v) is 5.38. The number of hydrogen-bond donors (Lipinski definition) is 0. The Balaban J connectivity index is 1.49. The first-order chi connectivity index (χ1) is 13.5. The number of hydrogen-bond acceptors (Lipinski definition) is 6. The summed E-state index contributed by atoms with van der Waals surface area (Å²) in [5.74, 6) is 1.37. The minimum atomic E-state index is 0.131. The second kappa shape index (κ2) is 7.67. The molecule has 3 aromatic heterocycles. The molecule has 1 aliphatic rings. The Kier molecular flexibility index (Phi) is 5.09. The number of pyridine rings is 2. The van der Waals surface area contributed by atoms with Gasteiger partial charge in [-0.25, -0.2) is 9.97 Å². The van der Waals surface area contributed by atoms with Crippen LogP contribution in [0.15, 0.2) is 35.0 Å². The zero-order valence-corrected chi connectivity index (χ0v) is 16.6. The SMILES string of the molecule is Cc1ncc(-c2ccc3cnc(CC(=O)N4CCC(N(C)C)CC4)cc3n2)o1. The molecule has 1 amide bonds. The molecule has 0 atom stereocenters. The van der Waals surface area contributed by atoms with Gasteiger partial charge >= 0.3 is 0 Å². The van der Waals surface area contributed by atoms with Gasteiger partial charge < -0.3 is 14.2 Å². The quantitative estimate of drug-likeness (QED) is 0.694. The second-order valence-corrected chi connectivity index (χ2v) is 7.56. The highest BCUT2D eigenvalue weighted by Gasteiger charge is 2.24. The Morgan fingerprint density at radius 1 is 1.21 bits per heavy atom. The maximum absolute atomic E-state index is 12.7. The maximum Gasteiger partial charge on any atom is 0.228 e. The Hall–Kier alpha value is -2.80. The van der Waals surface area contributed by atoms with Crippen molar-refractivity contribution in [2.75, 3.05) is 27.2 Å². The fraction of sp³-hybridized carbons (Fsp3) is 0.429. The van der Waals surface area contributed by atoms with E-state index in [1.54, 1.807) is 19.3 Å². The van der Waals surface area contributed by atoms with E-state index in [9.17, 15) is 4.79 Å². The van der Waals surface area contributed by atoms with Crippen molar-refractivity contribution in [3.8, 4) is 11.5 Å². The summed E-state index contributed by atoms with van der Waals surface area (Å²) < 4.78 is 5.56. The smallest absolute Gasteiger partial charge is 0.228 e. The van der Waals surface area contributed by atoms with Gasteiger partial charge in [0, 0.05) is 37.6 Å². The number of aromatic nitrogens is 3. The van der Waals surface area contributed by atoms with E-state index in [0.717, 1.165) is 48.2 Å². The van der Waals surface area contributed by atoms with Crippen LogP contribution in [0.25, 0.3) is 22.4 Å². The van der Waals surface area contributed by atoms with Gasteiger partial charge in [0.15, 0.2) is 11.7 Å². The van der Waals surface area contributed by atoms with Crippen LogP contribution in [0.1, 0.15) is 24.4 Å². The standard InChI is InChI=1S/C21H25N5O2/c1-14-22-13-20(28-14)18-5-4-15-12-23-16(10-19(15)24-18)11-21(27)26-8-6-17(7-9-26)25(2)3/h4-5,10,12-13,17H,6-9,11H2,1-3H3. The molecule has 7 heteroatoms. The number of rotatable bonds is 4. The molecule has 1 fully saturated rings. The molecular formula is C21H25N5O2. The molecule has 0 saturated carbocycles. The highest BCUT2D eigenvalue weighted by Crippen LogP contribution is 2.22. The van der Waals surface area contributed by atoms with E-state index >= 15 is 0 Å². The molecule has 4 rings (SSSR count). The lowest BCUT2D eigenvalue weighted by atomic mass is 10.0. The van der Waals surface area contributed by atoms with E-state index in [2.05, 4.69) is 33.9 Å². The van der Waals surface area contributed by atoms with E-state index in [1.165, 1.54) is 0 Å². The summed E-state index contributed by atoms with van der Waals surface area (Å²) in [6, 6.07) is 6.31. The number of amides is 1. The van der Waals surface area contributed by atoms with Gasteiger partial charge in [-0.15, -0.1) is 0 Å². The summed E-state index contributed by atoms with van der Waals surface area (Å²) in [5.41, 5.74) is 2.27. The fourth-order valence-corrected chi connectivity index (χ4v) is 3.67.